The molecule has 0 heterocycles. The molecule has 0 unspecified atom stereocenters. The van der Waals surface area contributed by atoms with Crippen LogP contribution in [0.2, 0.25) is 0 Å². The summed E-state index contributed by atoms with van der Waals surface area (Å²) < 4.78 is 0. The molecule has 0 aromatic heterocycles. The fourth-order valence-corrected chi connectivity index (χ4v) is 1.49. The highest BCUT2D eigenvalue weighted by molar-refractivity contribution is 6.58. The minimum atomic E-state index is -1.43. The number of allylic oxidation sites excluding steroid dienone is 2. The van der Waals surface area contributed by atoms with Crippen LogP contribution in [-0.4, -0.2) is 29.4 Å². The van der Waals surface area contributed by atoms with E-state index in [1.807, 2.05) is 30.4 Å². The van der Waals surface area contributed by atoms with Gasteiger partial charge in [-0.3, -0.25) is 4.99 Å². The van der Waals surface area contributed by atoms with Crippen molar-refractivity contribution in [1.29, 1.82) is 0 Å². The van der Waals surface area contributed by atoms with Crippen molar-refractivity contribution in [3.63, 3.8) is 0 Å². The van der Waals surface area contributed by atoms with Crippen LogP contribution in [0, 0.1) is 0 Å². The zero-order valence-corrected chi connectivity index (χ0v) is 8.69. The molecular formula is C12H12BNO2. The van der Waals surface area contributed by atoms with Gasteiger partial charge in [0.2, 0.25) is 0 Å². The third-order valence-corrected chi connectivity index (χ3v) is 2.33. The first-order chi connectivity index (χ1) is 7.75. The molecule has 0 atom stereocenters. The quantitative estimate of drug-likeness (QED) is 0.559. The van der Waals surface area contributed by atoms with E-state index < -0.39 is 7.12 Å². The maximum atomic E-state index is 9.02. The van der Waals surface area contributed by atoms with Crippen LogP contribution in [0.4, 0.5) is 0 Å². The monoisotopic (exact) mass is 213 g/mol. The van der Waals surface area contributed by atoms with Gasteiger partial charge in [0.25, 0.3) is 0 Å². The van der Waals surface area contributed by atoms with Crippen LogP contribution in [0.1, 0.15) is 5.56 Å². The molecule has 0 spiro atoms. The van der Waals surface area contributed by atoms with Gasteiger partial charge in [0, 0.05) is 6.21 Å². The number of benzene rings is 1. The molecule has 0 radical (unpaired) electrons. The highest BCUT2D eigenvalue weighted by atomic mass is 16.4. The van der Waals surface area contributed by atoms with E-state index in [0.29, 0.717) is 5.46 Å². The van der Waals surface area contributed by atoms with Crippen molar-refractivity contribution >= 4 is 18.8 Å². The van der Waals surface area contributed by atoms with Crippen LogP contribution < -0.4 is 5.46 Å². The third-order valence-electron chi connectivity index (χ3n) is 2.33. The summed E-state index contributed by atoms with van der Waals surface area (Å²) in [5.41, 5.74) is 1.33. The highest BCUT2D eigenvalue weighted by Crippen LogP contribution is 2.04. The third kappa shape index (κ3) is 2.69. The first-order valence-electron chi connectivity index (χ1n) is 5.10. The molecule has 0 saturated heterocycles. The summed E-state index contributed by atoms with van der Waals surface area (Å²) in [5, 5.41) is 18.0. The predicted octanol–water partition coefficient (Wildman–Crippen LogP) is 0.280. The fourth-order valence-electron chi connectivity index (χ4n) is 1.49. The van der Waals surface area contributed by atoms with E-state index in [4.69, 9.17) is 10.0 Å². The summed E-state index contributed by atoms with van der Waals surface area (Å²) in [5.74, 6) is 0. The molecule has 0 fully saturated rings. The lowest BCUT2D eigenvalue weighted by Gasteiger charge is -2.01. The normalized spacial score (nSPS) is 15.1. The average molecular weight is 213 g/mol. The van der Waals surface area contributed by atoms with Gasteiger partial charge in [-0.2, -0.15) is 0 Å². The minimum Gasteiger partial charge on any atom is -0.423 e. The molecule has 0 bridgehead atoms. The smallest absolute Gasteiger partial charge is 0.423 e. The van der Waals surface area contributed by atoms with Crippen molar-refractivity contribution in [2.24, 2.45) is 4.99 Å². The van der Waals surface area contributed by atoms with Gasteiger partial charge in [0.05, 0.1) is 6.04 Å². The van der Waals surface area contributed by atoms with Crippen LogP contribution in [0.25, 0.3) is 0 Å². The fraction of sp³-hybridized carbons (Fsp3) is 0.0833. The van der Waals surface area contributed by atoms with Gasteiger partial charge < -0.3 is 10.0 Å². The molecule has 0 aliphatic heterocycles. The Morgan fingerprint density at radius 3 is 2.62 bits per heavy atom. The summed E-state index contributed by atoms with van der Waals surface area (Å²) >= 11 is 0. The lowest BCUT2D eigenvalue weighted by molar-refractivity contribution is 0.426. The maximum absolute atomic E-state index is 9.02. The van der Waals surface area contributed by atoms with E-state index in [0.717, 1.165) is 5.56 Å². The van der Waals surface area contributed by atoms with Crippen molar-refractivity contribution in [2.75, 3.05) is 0 Å². The van der Waals surface area contributed by atoms with Crippen LogP contribution >= 0.6 is 0 Å². The molecule has 1 aromatic carbocycles. The topological polar surface area (TPSA) is 52.8 Å². The lowest BCUT2D eigenvalue weighted by Crippen LogP contribution is -2.29. The standard InChI is InChI=1S/C12H12BNO2/c15-13(16)11-5-3-4-10(8-11)9-14-12-6-1-2-7-12/h1-9,12,15-16H. The van der Waals surface area contributed by atoms with Crippen molar-refractivity contribution < 1.29 is 10.0 Å². The molecule has 1 aliphatic carbocycles. The molecule has 2 rings (SSSR count). The second-order valence-corrected chi connectivity index (χ2v) is 3.58. The van der Waals surface area contributed by atoms with Crippen LogP contribution in [-0.2, 0) is 0 Å². The van der Waals surface area contributed by atoms with E-state index >= 15 is 0 Å². The van der Waals surface area contributed by atoms with E-state index in [1.165, 1.54) is 0 Å². The lowest BCUT2D eigenvalue weighted by atomic mass is 9.80. The Morgan fingerprint density at radius 1 is 1.19 bits per heavy atom. The minimum absolute atomic E-state index is 0.0997. The Morgan fingerprint density at radius 2 is 1.94 bits per heavy atom. The van der Waals surface area contributed by atoms with Gasteiger partial charge in [0.15, 0.2) is 0 Å². The van der Waals surface area contributed by atoms with Crippen molar-refractivity contribution in [3.05, 3.63) is 54.1 Å². The Hall–Kier alpha value is -1.65. The van der Waals surface area contributed by atoms with Crippen LogP contribution in [0.5, 0.6) is 0 Å². The predicted molar refractivity (Wildman–Crippen MR) is 65.9 cm³/mol. The van der Waals surface area contributed by atoms with E-state index in [-0.39, 0.29) is 6.04 Å². The largest absolute Gasteiger partial charge is 0.488 e. The van der Waals surface area contributed by atoms with E-state index in [1.54, 1.807) is 24.4 Å². The molecule has 3 nitrogen and oxygen atoms in total. The number of aliphatic imine (C=N–C) groups is 1. The summed E-state index contributed by atoms with van der Waals surface area (Å²) in [4.78, 5) is 4.33. The zero-order chi connectivity index (χ0) is 11.4. The number of hydrogen-bond acceptors (Lipinski definition) is 3. The summed E-state index contributed by atoms with van der Waals surface area (Å²) in [7, 11) is -1.43. The molecule has 2 N–H and O–H groups in total. The molecule has 0 saturated carbocycles. The Labute approximate surface area is 94.6 Å². The van der Waals surface area contributed by atoms with Crippen LogP contribution in [0.3, 0.4) is 0 Å². The van der Waals surface area contributed by atoms with Crippen molar-refractivity contribution in [1.82, 2.24) is 0 Å². The van der Waals surface area contributed by atoms with Gasteiger partial charge in [-0.1, -0.05) is 48.6 Å². The first-order valence-corrected chi connectivity index (χ1v) is 5.10. The summed E-state index contributed by atoms with van der Waals surface area (Å²) in [6, 6.07) is 7.12. The molecule has 80 valence electrons. The number of rotatable bonds is 3. The molecule has 1 aromatic rings. The SMILES string of the molecule is OB(O)c1cccc(C=NC2C=CC=C2)c1. The van der Waals surface area contributed by atoms with Gasteiger partial charge in [0.1, 0.15) is 0 Å². The first kappa shape index (κ1) is 10.9. The van der Waals surface area contributed by atoms with Crippen molar-refractivity contribution in [2.45, 2.75) is 6.04 Å². The van der Waals surface area contributed by atoms with Crippen molar-refractivity contribution in [3.8, 4) is 0 Å². The number of nitrogens with zero attached hydrogens (tertiary/aromatic N) is 1. The molecule has 4 heteroatoms. The Bertz CT molecular complexity index is 440. The van der Waals surface area contributed by atoms with Gasteiger partial charge in [-0.05, 0) is 11.0 Å². The molecular weight excluding hydrogens is 201 g/mol. The average Bonchev–Trinajstić information content (AvgIpc) is 2.79. The number of hydrogen-bond donors (Lipinski definition) is 2. The highest BCUT2D eigenvalue weighted by Gasteiger charge is 2.09. The van der Waals surface area contributed by atoms with Crippen LogP contribution in [0.15, 0.2) is 53.6 Å². The second-order valence-electron chi connectivity index (χ2n) is 3.58. The molecule has 16 heavy (non-hydrogen) atoms. The summed E-state index contributed by atoms with van der Waals surface area (Å²) in [6.45, 7) is 0. The van der Waals surface area contributed by atoms with Gasteiger partial charge >= 0.3 is 7.12 Å². The Balaban J connectivity index is 2.12. The van der Waals surface area contributed by atoms with Gasteiger partial charge in [-0.25, -0.2) is 0 Å². The van der Waals surface area contributed by atoms with E-state index in [9.17, 15) is 0 Å². The van der Waals surface area contributed by atoms with Gasteiger partial charge in [-0.15, -0.1) is 0 Å². The molecule has 1 aliphatic rings. The molecule has 0 amide bonds. The zero-order valence-electron chi connectivity index (χ0n) is 8.69. The Kier molecular flexibility index (Phi) is 3.34. The summed E-state index contributed by atoms with van der Waals surface area (Å²) in [6.07, 6.45) is 9.62. The second kappa shape index (κ2) is 4.92. The maximum Gasteiger partial charge on any atom is 0.488 e. The van der Waals surface area contributed by atoms with E-state index in [2.05, 4.69) is 4.99 Å².